The molecule has 0 aliphatic rings. The van der Waals surface area contributed by atoms with Crippen LogP contribution in [0.15, 0.2) is 17.1 Å². The van der Waals surface area contributed by atoms with Gasteiger partial charge in [-0.05, 0) is 31.5 Å². The van der Waals surface area contributed by atoms with Crippen LogP contribution in [-0.4, -0.2) is 46.5 Å². The highest BCUT2D eigenvalue weighted by Gasteiger charge is 2.11. The predicted octanol–water partition coefficient (Wildman–Crippen LogP) is 2.45. The van der Waals surface area contributed by atoms with Gasteiger partial charge in [0.2, 0.25) is 0 Å². The van der Waals surface area contributed by atoms with Crippen molar-refractivity contribution in [2.24, 2.45) is 4.99 Å². The monoisotopic (exact) mass is 343 g/mol. The van der Waals surface area contributed by atoms with Gasteiger partial charge in [0.25, 0.3) is 0 Å². The summed E-state index contributed by atoms with van der Waals surface area (Å²) in [5.74, 6) is 1.91. The predicted molar refractivity (Wildman–Crippen MR) is 93.9 cm³/mol. The van der Waals surface area contributed by atoms with E-state index in [1.54, 1.807) is 14.2 Å². The quantitative estimate of drug-likeness (QED) is 0.409. The standard InChI is InChI=1S/C16H26ClN3O3/c1-5-18-16(19-7-8-21-3)20-11-12-9-13(17)15(23-6-2)14(10-12)22-4/h9-10H,5-8,11H2,1-4H3,(H2,18,19,20). The highest BCUT2D eigenvalue weighted by atomic mass is 35.5. The lowest BCUT2D eigenvalue weighted by Gasteiger charge is -2.13. The van der Waals surface area contributed by atoms with E-state index in [1.807, 2.05) is 26.0 Å². The highest BCUT2D eigenvalue weighted by molar-refractivity contribution is 6.32. The van der Waals surface area contributed by atoms with Gasteiger partial charge in [-0.3, -0.25) is 0 Å². The molecular formula is C16H26ClN3O3. The Morgan fingerprint density at radius 3 is 2.61 bits per heavy atom. The molecule has 1 aromatic carbocycles. The molecule has 0 amide bonds. The largest absolute Gasteiger partial charge is 0.493 e. The van der Waals surface area contributed by atoms with Gasteiger partial charge in [-0.25, -0.2) is 4.99 Å². The van der Waals surface area contributed by atoms with Gasteiger partial charge < -0.3 is 24.8 Å². The first kappa shape index (κ1) is 19.4. The second kappa shape index (κ2) is 11.0. The van der Waals surface area contributed by atoms with Crippen molar-refractivity contribution in [3.05, 3.63) is 22.7 Å². The van der Waals surface area contributed by atoms with Gasteiger partial charge >= 0.3 is 0 Å². The van der Waals surface area contributed by atoms with E-state index in [4.69, 9.17) is 25.8 Å². The van der Waals surface area contributed by atoms with E-state index < -0.39 is 0 Å². The van der Waals surface area contributed by atoms with Crippen LogP contribution in [0.1, 0.15) is 19.4 Å². The molecule has 0 atom stereocenters. The Balaban J connectivity index is 2.84. The summed E-state index contributed by atoms with van der Waals surface area (Å²) in [5.41, 5.74) is 0.944. The number of hydrogen-bond acceptors (Lipinski definition) is 4. The van der Waals surface area contributed by atoms with Gasteiger partial charge in [0.1, 0.15) is 0 Å². The Labute approximate surface area is 143 Å². The molecule has 0 radical (unpaired) electrons. The molecule has 0 spiro atoms. The van der Waals surface area contributed by atoms with Crippen LogP contribution >= 0.6 is 11.6 Å². The minimum atomic E-state index is 0.477. The summed E-state index contributed by atoms with van der Waals surface area (Å²) in [6, 6.07) is 3.73. The summed E-state index contributed by atoms with van der Waals surface area (Å²) >= 11 is 6.27. The lowest BCUT2D eigenvalue weighted by molar-refractivity contribution is 0.203. The molecule has 7 heteroatoms. The maximum absolute atomic E-state index is 6.27. The smallest absolute Gasteiger partial charge is 0.191 e. The number of aliphatic imine (C=N–C) groups is 1. The first-order valence-corrected chi connectivity index (χ1v) is 8.04. The van der Waals surface area contributed by atoms with E-state index in [0.29, 0.717) is 42.8 Å². The number of benzene rings is 1. The second-order valence-corrected chi connectivity index (χ2v) is 5.06. The summed E-state index contributed by atoms with van der Waals surface area (Å²) in [6.07, 6.45) is 0. The molecule has 1 rings (SSSR count). The van der Waals surface area contributed by atoms with E-state index in [-0.39, 0.29) is 0 Å². The zero-order chi connectivity index (χ0) is 17.1. The van der Waals surface area contributed by atoms with E-state index in [9.17, 15) is 0 Å². The van der Waals surface area contributed by atoms with Crippen molar-refractivity contribution in [3.63, 3.8) is 0 Å². The Morgan fingerprint density at radius 1 is 1.22 bits per heavy atom. The Morgan fingerprint density at radius 2 is 2.00 bits per heavy atom. The third-order valence-corrected chi connectivity index (χ3v) is 3.22. The molecule has 0 aliphatic carbocycles. The van der Waals surface area contributed by atoms with Crippen molar-refractivity contribution < 1.29 is 14.2 Å². The first-order chi connectivity index (χ1) is 11.2. The highest BCUT2D eigenvalue weighted by Crippen LogP contribution is 2.36. The summed E-state index contributed by atoms with van der Waals surface area (Å²) in [4.78, 5) is 4.53. The van der Waals surface area contributed by atoms with Gasteiger partial charge in [0, 0.05) is 20.2 Å². The van der Waals surface area contributed by atoms with Crippen LogP contribution in [0, 0.1) is 0 Å². The number of nitrogens with zero attached hydrogens (tertiary/aromatic N) is 1. The topological polar surface area (TPSA) is 64.1 Å². The molecule has 0 saturated heterocycles. The SMILES string of the molecule is CCNC(=NCc1cc(Cl)c(OCC)c(OC)c1)NCCOC. The van der Waals surface area contributed by atoms with Gasteiger partial charge in [0.05, 0.1) is 31.9 Å². The second-order valence-electron chi connectivity index (χ2n) is 4.66. The molecule has 6 nitrogen and oxygen atoms in total. The molecule has 23 heavy (non-hydrogen) atoms. The van der Waals surface area contributed by atoms with E-state index in [1.165, 1.54) is 0 Å². The van der Waals surface area contributed by atoms with Crippen LogP contribution in [0.5, 0.6) is 11.5 Å². The zero-order valence-corrected chi connectivity index (χ0v) is 15.0. The van der Waals surface area contributed by atoms with Gasteiger partial charge in [0.15, 0.2) is 17.5 Å². The van der Waals surface area contributed by atoms with Gasteiger partial charge in [-0.2, -0.15) is 0 Å². The van der Waals surface area contributed by atoms with Crippen LogP contribution in [0.4, 0.5) is 0 Å². The fraction of sp³-hybridized carbons (Fsp3) is 0.562. The van der Waals surface area contributed by atoms with Gasteiger partial charge in [-0.1, -0.05) is 11.6 Å². The van der Waals surface area contributed by atoms with Crippen LogP contribution in [0.2, 0.25) is 5.02 Å². The fourth-order valence-corrected chi connectivity index (χ4v) is 2.22. The number of ether oxygens (including phenoxy) is 3. The van der Waals surface area contributed by atoms with Crippen molar-refractivity contribution in [3.8, 4) is 11.5 Å². The molecule has 0 heterocycles. The van der Waals surface area contributed by atoms with Crippen LogP contribution in [0.25, 0.3) is 0 Å². The number of rotatable bonds is 9. The molecule has 0 aliphatic heterocycles. The first-order valence-electron chi connectivity index (χ1n) is 7.66. The average Bonchev–Trinajstić information content (AvgIpc) is 2.55. The third-order valence-electron chi connectivity index (χ3n) is 2.94. The fourth-order valence-electron chi connectivity index (χ4n) is 1.93. The summed E-state index contributed by atoms with van der Waals surface area (Å²) in [7, 11) is 3.26. The molecule has 0 saturated carbocycles. The van der Waals surface area contributed by atoms with Crippen LogP contribution in [0.3, 0.4) is 0 Å². The Kier molecular flexibility index (Phi) is 9.24. The van der Waals surface area contributed by atoms with E-state index >= 15 is 0 Å². The molecule has 1 aromatic rings. The summed E-state index contributed by atoms with van der Waals surface area (Å²) in [6.45, 7) is 7.02. The number of halogens is 1. The summed E-state index contributed by atoms with van der Waals surface area (Å²) in [5, 5.41) is 6.89. The van der Waals surface area contributed by atoms with Crippen LogP contribution in [-0.2, 0) is 11.3 Å². The Bertz CT molecular complexity index is 510. The van der Waals surface area contributed by atoms with Crippen molar-refractivity contribution >= 4 is 17.6 Å². The lowest BCUT2D eigenvalue weighted by atomic mass is 10.2. The molecule has 0 unspecified atom stereocenters. The molecule has 0 fully saturated rings. The van der Waals surface area contributed by atoms with Crippen LogP contribution < -0.4 is 20.1 Å². The third kappa shape index (κ3) is 6.54. The molecule has 130 valence electrons. The number of guanidine groups is 1. The molecule has 0 aromatic heterocycles. The maximum Gasteiger partial charge on any atom is 0.191 e. The van der Waals surface area contributed by atoms with E-state index in [2.05, 4.69) is 15.6 Å². The number of methoxy groups -OCH3 is 2. The Hall–Kier alpha value is -1.66. The van der Waals surface area contributed by atoms with Crippen molar-refractivity contribution in [1.29, 1.82) is 0 Å². The maximum atomic E-state index is 6.27. The molecule has 2 N–H and O–H groups in total. The van der Waals surface area contributed by atoms with Gasteiger partial charge in [-0.15, -0.1) is 0 Å². The van der Waals surface area contributed by atoms with E-state index in [0.717, 1.165) is 18.1 Å². The van der Waals surface area contributed by atoms with Crippen molar-refractivity contribution in [2.45, 2.75) is 20.4 Å². The molecule has 0 bridgehead atoms. The minimum absolute atomic E-state index is 0.477. The minimum Gasteiger partial charge on any atom is -0.493 e. The number of hydrogen-bond donors (Lipinski definition) is 2. The molecular weight excluding hydrogens is 318 g/mol. The average molecular weight is 344 g/mol. The lowest BCUT2D eigenvalue weighted by Crippen LogP contribution is -2.38. The zero-order valence-electron chi connectivity index (χ0n) is 14.2. The normalized spacial score (nSPS) is 11.3. The summed E-state index contributed by atoms with van der Waals surface area (Å²) < 4.78 is 15.9. The van der Waals surface area contributed by atoms with Crippen molar-refractivity contribution in [1.82, 2.24) is 10.6 Å². The van der Waals surface area contributed by atoms with Crippen molar-refractivity contribution in [2.75, 3.05) is 40.5 Å². The number of nitrogens with one attached hydrogen (secondary N) is 2.